The van der Waals surface area contributed by atoms with Crippen molar-refractivity contribution >= 4 is 40.8 Å². The number of carbonyl (C=O) groups is 1. The van der Waals surface area contributed by atoms with Gasteiger partial charge in [-0.25, -0.2) is 14.5 Å². The second-order valence-electron chi connectivity index (χ2n) is 6.39. The number of halogens is 1. The van der Waals surface area contributed by atoms with Gasteiger partial charge < -0.3 is 9.84 Å². The number of carboxylic acids is 1. The summed E-state index contributed by atoms with van der Waals surface area (Å²) in [5, 5.41) is 14.9. The minimum atomic E-state index is -1.07. The third-order valence-corrected chi connectivity index (χ3v) is 4.74. The Morgan fingerprint density at radius 1 is 1.26 bits per heavy atom. The largest absolute Gasteiger partial charge is 0.478 e. The SMILES string of the molecule is O=C(O)c1cc(Cl)nc2c1c(/C=C/c1ccccc1)nn2C1CCCCO1. The zero-order valence-corrected chi connectivity index (χ0v) is 15.3. The average molecular weight is 384 g/mol. The van der Waals surface area contributed by atoms with E-state index in [0.29, 0.717) is 23.3 Å². The quantitative estimate of drug-likeness (QED) is 0.663. The van der Waals surface area contributed by atoms with Gasteiger partial charge in [-0.05, 0) is 37.0 Å². The fraction of sp³-hybridized carbons (Fsp3) is 0.250. The second kappa shape index (κ2) is 7.50. The van der Waals surface area contributed by atoms with Gasteiger partial charge in [0.05, 0.1) is 16.6 Å². The van der Waals surface area contributed by atoms with Crippen LogP contribution in [0.4, 0.5) is 0 Å². The molecule has 0 aliphatic carbocycles. The van der Waals surface area contributed by atoms with Gasteiger partial charge in [0.1, 0.15) is 5.15 Å². The van der Waals surface area contributed by atoms with E-state index in [1.807, 2.05) is 36.4 Å². The van der Waals surface area contributed by atoms with Crippen molar-refractivity contribution in [3.8, 4) is 0 Å². The van der Waals surface area contributed by atoms with Crippen molar-refractivity contribution < 1.29 is 14.6 Å². The predicted octanol–water partition coefficient (Wildman–Crippen LogP) is 4.65. The molecule has 1 N–H and O–H groups in total. The van der Waals surface area contributed by atoms with Gasteiger partial charge in [0, 0.05) is 6.61 Å². The van der Waals surface area contributed by atoms with Gasteiger partial charge in [0.25, 0.3) is 0 Å². The van der Waals surface area contributed by atoms with Crippen LogP contribution in [0.15, 0.2) is 36.4 Å². The molecule has 7 heteroatoms. The molecule has 1 fully saturated rings. The van der Waals surface area contributed by atoms with Crippen molar-refractivity contribution in [2.24, 2.45) is 0 Å². The van der Waals surface area contributed by atoms with E-state index >= 15 is 0 Å². The van der Waals surface area contributed by atoms with Crippen LogP contribution in [0.1, 0.15) is 47.1 Å². The van der Waals surface area contributed by atoms with Crippen molar-refractivity contribution in [3.63, 3.8) is 0 Å². The normalized spacial score (nSPS) is 17.6. The predicted molar refractivity (Wildman–Crippen MR) is 104 cm³/mol. The number of aromatic carboxylic acids is 1. The summed E-state index contributed by atoms with van der Waals surface area (Å²) in [6.45, 7) is 0.646. The van der Waals surface area contributed by atoms with E-state index in [9.17, 15) is 9.90 Å². The molecule has 0 saturated carbocycles. The highest BCUT2D eigenvalue weighted by atomic mass is 35.5. The molecular weight excluding hydrogens is 366 g/mol. The van der Waals surface area contributed by atoms with Gasteiger partial charge in [-0.2, -0.15) is 5.10 Å². The number of pyridine rings is 1. The molecule has 0 radical (unpaired) electrons. The molecule has 1 saturated heterocycles. The van der Waals surface area contributed by atoms with E-state index in [2.05, 4.69) is 10.1 Å². The molecule has 0 spiro atoms. The maximum Gasteiger partial charge on any atom is 0.336 e. The Labute approximate surface area is 161 Å². The van der Waals surface area contributed by atoms with Crippen LogP contribution in [0.2, 0.25) is 5.15 Å². The van der Waals surface area contributed by atoms with Crippen molar-refractivity contribution in [2.75, 3.05) is 6.61 Å². The number of aromatic nitrogens is 3. The summed E-state index contributed by atoms with van der Waals surface area (Å²) in [6.07, 6.45) is 6.26. The number of hydrogen-bond acceptors (Lipinski definition) is 4. The Balaban J connectivity index is 1.89. The standard InChI is InChI=1S/C20H18ClN3O3/c21-16-12-14(20(25)26)18-15(10-9-13-6-2-1-3-7-13)23-24(19(18)22-16)17-8-4-5-11-27-17/h1-3,6-7,9-10,12,17H,4-5,8,11H2,(H,25,26)/b10-9+. The number of rotatable bonds is 4. The monoisotopic (exact) mass is 383 g/mol. The fourth-order valence-corrected chi connectivity index (χ4v) is 3.46. The lowest BCUT2D eigenvalue weighted by molar-refractivity contribution is -0.0370. The summed E-state index contributed by atoms with van der Waals surface area (Å²) < 4.78 is 7.50. The second-order valence-corrected chi connectivity index (χ2v) is 6.78. The molecule has 4 rings (SSSR count). The number of benzene rings is 1. The Morgan fingerprint density at radius 3 is 2.78 bits per heavy atom. The first-order valence-corrected chi connectivity index (χ1v) is 9.18. The highest BCUT2D eigenvalue weighted by Crippen LogP contribution is 2.31. The average Bonchev–Trinajstić information content (AvgIpc) is 3.05. The molecule has 0 amide bonds. The van der Waals surface area contributed by atoms with E-state index < -0.39 is 5.97 Å². The Bertz CT molecular complexity index is 1010. The molecule has 1 aliphatic rings. The van der Waals surface area contributed by atoms with Crippen LogP contribution in [0.5, 0.6) is 0 Å². The number of ether oxygens (including phenoxy) is 1. The zero-order chi connectivity index (χ0) is 18.8. The highest BCUT2D eigenvalue weighted by molar-refractivity contribution is 6.30. The van der Waals surface area contributed by atoms with Gasteiger partial charge in [-0.3, -0.25) is 0 Å². The van der Waals surface area contributed by atoms with E-state index in [1.54, 1.807) is 10.8 Å². The van der Waals surface area contributed by atoms with Gasteiger partial charge in [0.2, 0.25) is 0 Å². The third kappa shape index (κ3) is 3.59. The smallest absolute Gasteiger partial charge is 0.336 e. The van der Waals surface area contributed by atoms with Crippen LogP contribution in [-0.4, -0.2) is 32.4 Å². The van der Waals surface area contributed by atoms with Crippen molar-refractivity contribution in [3.05, 3.63) is 58.4 Å². The molecule has 2 aromatic heterocycles. The van der Waals surface area contributed by atoms with Gasteiger partial charge in [-0.1, -0.05) is 48.0 Å². The first-order valence-electron chi connectivity index (χ1n) is 8.80. The van der Waals surface area contributed by atoms with E-state index in [0.717, 1.165) is 24.8 Å². The van der Waals surface area contributed by atoms with Crippen molar-refractivity contribution in [2.45, 2.75) is 25.5 Å². The topological polar surface area (TPSA) is 77.2 Å². The summed E-state index contributed by atoms with van der Waals surface area (Å²) in [4.78, 5) is 16.2. The summed E-state index contributed by atoms with van der Waals surface area (Å²) in [6, 6.07) is 11.1. The lowest BCUT2D eigenvalue weighted by Gasteiger charge is -2.23. The van der Waals surface area contributed by atoms with Crippen LogP contribution in [0.25, 0.3) is 23.2 Å². The third-order valence-electron chi connectivity index (χ3n) is 4.55. The van der Waals surface area contributed by atoms with E-state index in [-0.39, 0.29) is 16.9 Å². The summed E-state index contributed by atoms with van der Waals surface area (Å²) in [5.41, 5.74) is 2.04. The first kappa shape index (κ1) is 17.7. The molecule has 6 nitrogen and oxygen atoms in total. The number of fused-ring (bicyclic) bond motifs is 1. The summed E-state index contributed by atoms with van der Waals surface area (Å²) in [5.74, 6) is -1.07. The van der Waals surface area contributed by atoms with E-state index in [4.69, 9.17) is 16.3 Å². The molecule has 1 unspecified atom stereocenters. The number of hydrogen-bond donors (Lipinski definition) is 1. The van der Waals surface area contributed by atoms with Gasteiger partial charge >= 0.3 is 5.97 Å². The molecule has 1 aromatic carbocycles. The Morgan fingerprint density at radius 2 is 2.07 bits per heavy atom. The number of nitrogens with zero attached hydrogens (tertiary/aromatic N) is 3. The first-order chi connectivity index (χ1) is 13.1. The minimum absolute atomic E-state index is 0.0831. The molecule has 0 bridgehead atoms. The fourth-order valence-electron chi connectivity index (χ4n) is 3.27. The van der Waals surface area contributed by atoms with E-state index in [1.165, 1.54) is 6.07 Å². The highest BCUT2D eigenvalue weighted by Gasteiger charge is 2.25. The summed E-state index contributed by atoms with van der Waals surface area (Å²) >= 11 is 6.09. The van der Waals surface area contributed by atoms with Crippen LogP contribution in [0, 0.1) is 0 Å². The maximum absolute atomic E-state index is 11.8. The van der Waals surface area contributed by atoms with Crippen molar-refractivity contribution in [1.29, 1.82) is 0 Å². The lowest BCUT2D eigenvalue weighted by atomic mass is 10.1. The zero-order valence-electron chi connectivity index (χ0n) is 14.5. The molecule has 27 heavy (non-hydrogen) atoms. The maximum atomic E-state index is 11.8. The van der Waals surface area contributed by atoms with Crippen LogP contribution in [-0.2, 0) is 4.74 Å². The van der Waals surface area contributed by atoms with Gasteiger partial charge in [-0.15, -0.1) is 0 Å². The molecule has 1 atom stereocenters. The molecule has 138 valence electrons. The van der Waals surface area contributed by atoms with Crippen LogP contribution >= 0.6 is 11.6 Å². The molecule has 3 heterocycles. The van der Waals surface area contributed by atoms with Gasteiger partial charge in [0.15, 0.2) is 11.9 Å². The Kier molecular flexibility index (Phi) is 4.92. The lowest BCUT2D eigenvalue weighted by Crippen LogP contribution is -2.19. The minimum Gasteiger partial charge on any atom is -0.478 e. The van der Waals surface area contributed by atoms with Crippen LogP contribution in [0.3, 0.4) is 0 Å². The molecule has 1 aliphatic heterocycles. The molecular formula is C20H18ClN3O3. The number of carboxylic acid groups (broad SMARTS) is 1. The van der Waals surface area contributed by atoms with Crippen molar-refractivity contribution in [1.82, 2.24) is 14.8 Å². The van der Waals surface area contributed by atoms with Crippen LogP contribution < -0.4 is 0 Å². The summed E-state index contributed by atoms with van der Waals surface area (Å²) in [7, 11) is 0. The molecule has 3 aromatic rings. The Hall–Kier alpha value is -2.70.